The zero-order chi connectivity index (χ0) is 25.6. The van der Waals surface area contributed by atoms with Gasteiger partial charge in [0.2, 0.25) is 5.91 Å². The molecule has 1 saturated heterocycles. The van der Waals surface area contributed by atoms with Crippen LogP contribution in [0.25, 0.3) is 0 Å². The van der Waals surface area contributed by atoms with Gasteiger partial charge in [0.05, 0.1) is 25.0 Å². The second-order valence-corrected chi connectivity index (χ2v) is 11.1. The Morgan fingerprint density at radius 2 is 1.83 bits per heavy atom. The molecule has 3 heterocycles. The predicted octanol–water partition coefficient (Wildman–Crippen LogP) is 5.24. The maximum absolute atomic E-state index is 13.8. The molecule has 0 saturated carbocycles. The van der Waals surface area contributed by atoms with Gasteiger partial charge < -0.3 is 14.4 Å². The van der Waals surface area contributed by atoms with E-state index in [-0.39, 0.29) is 23.6 Å². The van der Waals surface area contributed by atoms with Gasteiger partial charge in [-0.1, -0.05) is 37.3 Å². The molecule has 192 valence electrons. The van der Waals surface area contributed by atoms with Gasteiger partial charge in [-0.3, -0.25) is 14.6 Å². The minimum atomic E-state index is -0.310. The summed E-state index contributed by atoms with van der Waals surface area (Å²) in [5, 5.41) is 0. The van der Waals surface area contributed by atoms with Crippen LogP contribution in [0.15, 0.2) is 36.4 Å². The molecule has 7 nitrogen and oxygen atoms in total. The van der Waals surface area contributed by atoms with Crippen molar-refractivity contribution in [3.8, 4) is 5.75 Å². The molecule has 3 aliphatic rings. The Morgan fingerprint density at radius 3 is 2.56 bits per heavy atom. The van der Waals surface area contributed by atoms with Gasteiger partial charge in [-0.15, -0.1) is 0 Å². The number of amides is 2. The number of aryl methyl sites for hydroxylation is 1. The number of piperidine rings is 1. The maximum Gasteiger partial charge on any atom is 0.414 e. The van der Waals surface area contributed by atoms with Crippen molar-refractivity contribution >= 4 is 23.4 Å². The van der Waals surface area contributed by atoms with Crippen molar-refractivity contribution in [2.75, 3.05) is 36.5 Å². The van der Waals surface area contributed by atoms with E-state index in [1.807, 2.05) is 47.1 Å². The normalized spacial score (nSPS) is 22.0. The Balaban J connectivity index is 1.31. The molecule has 0 spiro atoms. The summed E-state index contributed by atoms with van der Waals surface area (Å²) < 4.78 is 11.2. The molecule has 0 N–H and O–H groups in total. The van der Waals surface area contributed by atoms with E-state index in [1.54, 1.807) is 7.11 Å². The van der Waals surface area contributed by atoms with E-state index >= 15 is 0 Å². The van der Waals surface area contributed by atoms with Crippen LogP contribution < -0.4 is 14.5 Å². The molecule has 0 radical (unpaired) electrons. The van der Waals surface area contributed by atoms with Gasteiger partial charge in [-0.2, -0.15) is 0 Å². The number of rotatable bonds is 4. The Bertz CT molecular complexity index is 1170. The second kappa shape index (κ2) is 9.43. The molecule has 2 aromatic rings. The third kappa shape index (κ3) is 4.23. The number of hydrogen-bond acceptors (Lipinski definition) is 5. The number of anilines is 2. The molecule has 1 fully saturated rings. The number of hydrogen-bond donors (Lipinski definition) is 0. The lowest BCUT2D eigenvalue weighted by Crippen LogP contribution is -2.56. The van der Waals surface area contributed by atoms with E-state index in [1.165, 1.54) is 5.56 Å². The summed E-state index contributed by atoms with van der Waals surface area (Å²) in [5.74, 6) is 1.19. The predicted molar refractivity (Wildman–Crippen MR) is 141 cm³/mol. The van der Waals surface area contributed by atoms with Crippen LogP contribution in [-0.4, -0.2) is 55.2 Å². The smallest absolute Gasteiger partial charge is 0.414 e. The number of nitrogens with zero attached hydrogens (tertiary/aromatic N) is 3. The third-order valence-electron chi connectivity index (χ3n) is 8.06. The van der Waals surface area contributed by atoms with Crippen LogP contribution in [0.4, 0.5) is 16.2 Å². The van der Waals surface area contributed by atoms with Crippen LogP contribution in [0, 0.1) is 6.92 Å². The first-order chi connectivity index (χ1) is 17.2. The largest absolute Gasteiger partial charge is 0.495 e. The fraction of sp³-hybridized carbons (Fsp3) is 0.517. The van der Waals surface area contributed by atoms with Gasteiger partial charge in [-0.05, 0) is 63.1 Å². The maximum atomic E-state index is 13.8. The van der Waals surface area contributed by atoms with E-state index in [4.69, 9.17) is 9.47 Å². The summed E-state index contributed by atoms with van der Waals surface area (Å²) >= 11 is 0. The first-order valence-corrected chi connectivity index (χ1v) is 13.0. The summed E-state index contributed by atoms with van der Waals surface area (Å²) in [6, 6.07) is 12.2. The van der Waals surface area contributed by atoms with Crippen molar-refractivity contribution in [1.29, 1.82) is 0 Å². The Labute approximate surface area is 214 Å². The average Bonchev–Trinajstić information content (AvgIpc) is 2.84. The number of fused-ring (bicyclic) bond motifs is 2. The van der Waals surface area contributed by atoms with Crippen molar-refractivity contribution in [3.63, 3.8) is 0 Å². The van der Waals surface area contributed by atoms with Gasteiger partial charge in [0.15, 0.2) is 0 Å². The van der Waals surface area contributed by atoms with Crippen LogP contribution in [0.1, 0.15) is 62.6 Å². The summed E-state index contributed by atoms with van der Waals surface area (Å²) in [7, 11) is 1.67. The van der Waals surface area contributed by atoms with Crippen molar-refractivity contribution in [3.05, 3.63) is 53.1 Å². The molecule has 1 atom stereocenters. The van der Waals surface area contributed by atoms with Gasteiger partial charge in [0.25, 0.3) is 0 Å². The molecule has 0 aromatic heterocycles. The number of ether oxygens (including phenoxy) is 2. The summed E-state index contributed by atoms with van der Waals surface area (Å²) in [5.41, 5.74) is 4.91. The summed E-state index contributed by atoms with van der Waals surface area (Å²) in [6.07, 6.45) is 2.24. The Hall–Kier alpha value is -3.06. The molecule has 2 aromatic carbocycles. The third-order valence-corrected chi connectivity index (χ3v) is 8.06. The lowest BCUT2D eigenvalue weighted by molar-refractivity contribution is -0.121. The van der Waals surface area contributed by atoms with Gasteiger partial charge in [0.1, 0.15) is 12.4 Å². The molecular formula is C29H37N3O4. The van der Waals surface area contributed by atoms with Gasteiger partial charge in [0, 0.05) is 30.2 Å². The van der Waals surface area contributed by atoms with Crippen LogP contribution in [0.2, 0.25) is 0 Å². The molecule has 0 aliphatic carbocycles. The molecule has 3 aliphatic heterocycles. The van der Waals surface area contributed by atoms with Crippen LogP contribution in [-0.2, 0) is 16.1 Å². The fourth-order valence-corrected chi connectivity index (χ4v) is 6.47. The number of carbonyl (C=O) groups is 2. The van der Waals surface area contributed by atoms with Crippen LogP contribution >= 0.6 is 0 Å². The second-order valence-electron chi connectivity index (χ2n) is 11.1. The Morgan fingerprint density at radius 1 is 1.11 bits per heavy atom. The number of para-hydroxylation sites is 2. The lowest BCUT2D eigenvalue weighted by Gasteiger charge is -2.47. The van der Waals surface area contributed by atoms with Gasteiger partial charge in [-0.25, -0.2) is 4.79 Å². The highest BCUT2D eigenvalue weighted by molar-refractivity contribution is 5.99. The average molecular weight is 492 g/mol. The van der Waals surface area contributed by atoms with E-state index in [9.17, 15) is 9.59 Å². The monoisotopic (exact) mass is 491 g/mol. The van der Waals surface area contributed by atoms with Crippen LogP contribution in [0.5, 0.6) is 5.75 Å². The van der Waals surface area contributed by atoms with Gasteiger partial charge >= 0.3 is 6.09 Å². The van der Waals surface area contributed by atoms with Crippen molar-refractivity contribution < 1.29 is 19.1 Å². The quantitative estimate of drug-likeness (QED) is 0.585. The van der Waals surface area contributed by atoms with E-state index in [2.05, 4.69) is 31.7 Å². The number of carbonyl (C=O) groups excluding carboxylic acids is 2. The highest BCUT2D eigenvalue weighted by atomic mass is 16.6. The fourth-order valence-electron chi connectivity index (χ4n) is 6.47. The van der Waals surface area contributed by atoms with Crippen molar-refractivity contribution in [2.24, 2.45) is 0 Å². The van der Waals surface area contributed by atoms with Crippen LogP contribution in [0.3, 0.4) is 0 Å². The highest BCUT2D eigenvalue weighted by Gasteiger charge is 2.42. The molecule has 1 unspecified atom stereocenters. The molecular weight excluding hydrogens is 454 g/mol. The number of likely N-dealkylation sites (tertiary alicyclic amines) is 1. The number of methoxy groups -OCH3 is 1. The summed E-state index contributed by atoms with van der Waals surface area (Å²) in [4.78, 5) is 32.6. The highest BCUT2D eigenvalue weighted by Crippen LogP contribution is 2.47. The SMILES string of the molecule is COc1cccc2c1N(C(=O)CN1CCC(N3C(=O)OCc4cccc(C)c43)CC1)C(C)(C)CC2C. The van der Waals surface area contributed by atoms with Crippen molar-refractivity contribution in [2.45, 2.75) is 71.1 Å². The topological polar surface area (TPSA) is 62.3 Å². The molecule has 7 heteroatoms. The number of benzene rings is 2. The van der Waals surface area contributed by atoms with E-state index in [0.29, 0.717) is 19.1 Å². The van der Waals surface area contributed by atoms with Crippen molar-refractivity contribution in [1.82, 2.24) is 4.90 Å². The molecule has 0 bridgehead atoms. The van der Waals surface area contributed by atoms with E-state index < -0.39 is 0 Å². The lowest BCUT2D eigenvalue weighted by atomic mass is 9.79. The zero-order valence-electron chi connectivity index (χ0n) is 22.0. The standard InChI is InChI=1S/C29H37N3O4/c1-19-8-6-9-21-18-36-28(34)31(26(19)21)22-12-14-30(15-13-22)17-25(33)32-27-23(10-7-11-24(27)35-5)20(2)16-29(32,3)4/h6-11,20,22H,12-18H2,1-5H3. The first kappa shape index (κ1) is 24.6. The first-order valence-electron chi connectivity index (χ1n) is 13.0. The molecule has 36 heavy (non-hydrogen) atoms. The minimum absolute atomic E-state index is 0.0668. The molecule has 5 rings (SSSR count). The van der Waals surface area contributed by atoms with E-state index in [0.717, 1.165) is 60.6 Å². The zero-order valence-corrected chi connectivity index (χ0v) is 22.0. The minimum Gasteiger partial charge on any atom is -0.495 e. The summed E-state index contributed by atoms with van der Waals surface area (Å²) in [6.45, 7) is 10.7. The molecule has 2 amide bonds. The Kier molecular flexibility index (Phi) is 6.45. The number of cyclic esters (lactones) is 1.